The number of anilines is 1. The van der Waals surface area contributed by atoms with E-state index in [4.69, 9.17) is 0 Å². The number of rotatable bonds is 5. The van der Waals surface area contributed by atoms with Gasteiger partial charge in [-0.05, 0) is 36.4 Å². The summed E-state index contributed by atoms with van der Waals surface area (Å²) in [4.78, 5) is 16.1. The first-order chi connectivity index (χ1) is 12.2. The average Bonchev–Trinajstić information content (AvgIpc) is 2.81. The van der Waals surface area contributed by atoms with Gasteiger partial charge >= 0.3 is 0 Å². The van der Waals surface area contributed by atoms with Gasteiger partial charge in [0.05, 0.1) is 34.5 Å². The summed E-state index contributed by atoms with van der Waals surface area (Å²) in [6.07, 6.45) is 1.56. The fourth-order valence-corrected chi connectivity index (χ4v) is 5.42. The Morgan fingerprint density at radius 2 is 1.88 bits per heavy atom. The van der Waals surface area contributed by atoms with Gasteiger partial charge in [-0.25, -0.2) is 25.9 Å². The van der Waals surface area contributed by atoms with Crippen molar-refractivity contribution in [3.63, 3.8) is 0 Å². The van der Waals surface area contributed by atoms with Crippen molar-refractivity contribution in [3.8, 4) is 0 Å². The maximum Gasteiger partial charge on any atom is 0.244 e. The highest BCUT2D eigenvalue weighted by molar-refractivity contribution is 7.94. The van der Waals surface area contributed by atoms with Gasteiger partial charge in [0.2, 0.25) is 26.0 Å². The van der Waals surface area contributed by atoms with Crippen LogP contribution in [0.15, 0.2) is 53.6 Å². The molecule has 1 saturated heterocycles. The molecule has 0 bridgehead atoms. The highest BCUT2D eigenvalue weighted by Gasteiger charge is 2.41. The molecule has 0 radical (unpaired) electrons. The Bertz CT molecular complexity index is 1020. The van der Waals surface area contributed by atoms with Gasteiger partial charge < -0.3 is 0 Å². The van der Waals surface area contributed by atoms with Gasteiger partial charge in [0.1, 0.15) is 0 Å². The fourth-order valence-electron chi connectivity index (χ4n) is 2.60. The SMILES string of the molecule is C[C@@H]1CS(=O)(=O)N(c2ccc(S(=O)(=O)NCc3ccccn3)cc2)C1=O. The van der Waals surface area contributed by atoms with Gasteiger partial charge in [-0.3, -0.25) is 9.78 Å². The number of nitrogens with zero attached hydrogens (tertiary/aromatic N) is 2. The van der Waals surface area contributed by atoms with Crippen LogP contribution in [-0.4, -0.2) is 33.5 Å². The molecule has 2 heterocycles. The number of carbonyl (C=O) groups is 1. The molecular weight excluding hydrogens is 378 g/mol. The van der Waals surface area contributed by atoms with E-state index in [1.165, 1.54) is 24.3 Å². The van der Waals surface area contributed by atoms with E-state index >= 15 is 0 Å². The summed E-state index contributed by atoms with van der Waals surface area (Å²) >= 11 is 0. The molecule has 10 heteroatoms. The number of benzene rings is 1. The topological polar surface area (TPSA) is 114 Å². The van der Waals surface area contributed by atoms with E-state index in [0.29, 0.717) is 5.69 Å². The van der Waals surface area contributed by atoms with Crippen molar-refractivity contribution in [1.29, 1.82) is 0 Å². The molecule has 0 spiro atoms. The molecule has 1 aliphatic rings. The Hall–Kier alpha value is -2.30. The largest absolute Gasteiger partial charge is 0.273 e. The third kappa shape index (κ3) is 3.62. The number of carbonyl (C=O) groups excluding carboxylic acids is 1. The number of amides is 1. The summed E-state index contributed by atoms with van der Waals surface area (Å²) in [7, 11) is -7.52. The van der Waals surface area contributed by atoms with E-state index in [1.54, 1.807) is 31.3 Å². The number of sulfonamides is 2. The second kappa shape index (κ2) is 6.78. The standard InChI is InChI=1S/C16H17N3O5S2/c1-12-11-25(21,22)19(16(12)20)14-5-7-15(8-6-14)26(23,24)18-10-13-4-2-3-9-17-13/h2-9,12,18H,10-11H2,1H3/t12-/m1/s1. The van der Waals surface area contributed by atoms with Crippen LogP contribution < -0.4 is 9.03 Å². The molecule has 1 fully saturated rings. The number of nitrogens with one attached hydrogen (secondary N) is 1. The molecule has 8 nitrogen and oxygen atoms in total. The van der Waals surface area contributed by atoms with E-state index in [2.05, 4.69) is 9.71 Å². The molecule has 1 aromatic carbocycles. The Morgan fingerprint density at radius 1 is 1.19 bits per heavy atom. The van der Waals surface area contributed by atoms with Crippen LogP contribution in [0.3, 0.4) is 0 Å². The summed E-state index contributed by atoms with van der Waals surface area (Å²) in [5.41, 5.74) is 0.693. The molecule has 0 unspecified atom stereocenters. The van der Waals surface area contributed by atoms with Crippen LogP contribution in [0.5, 0.6) is 0 Å². The van der Waals surface area contributed by atoms with Crippen molar-refractivity contribution in [3.05, 3.63) is 54.4 Å². The maximum absolute atomic E-state index is 12.3. The highest BCUT2D eigenvalue weighted by atomic mass is 32.2. The molecule has 0 saturated carbocycles. The van der Waals surface area contributed by atoms with Crippen molar-refractivity contribution >= 4 is 31.6 Å². The molecule has 1 aromatic heterocycles. The third-order valence-electron chi connectivity index (χ3n) is 3.91. The Morgan fingerprint density at radius 3 is 2.42 bits per heavy atom. The van der Waals surface area contributed by atoms with Gasteiger partial charge in [0.25, 0.3) is 0 Å². The molecule has 3 rings (SSSR count). The minimum atomic E-state index is -3.79. The summed E-state index contributed by atoms with van der Waals surface area (Å²) < 4.78 is 52.0. The monoisotopic (exact) mass is 395 g/mol. The lowest BCUT2D eigenvalue weighted by atomic mass is 10.2. The summed E-state index contributed by atoms with van der Waals surface area (Å²) in [5, 5.41) is 0. The zero-order valence-electron chi connectivity index (χ0n) is 13.9. The minimum absolute atomic E-state index is 0.0292. The second-order valence-electron chi connectivity index (χ2n) is 5.92. The molecule has 138 valence electrons. The lowest BCUT2D eigenvalue weighted by Gasteiger charge is -2.15. The molecule has 0 aliphatic carbocycles. The molecule has 26 heavy (non-hydrogen) atoms. The molecule has 1 amide bonds. The quantitative estimate of drug-likeness (QED) is 0.804. The average molecular weight is 395 g/mol. The highest BCUT2D eigenvalue weighted by Crippen LogP contribution is 2.28. The van der Waals surface area contributed by atoms with Gasteiger partial charge in [-0.15, -0.1) is 0 Å². The molecule has 1 aliphatic heterocycles. The molecule has 1 N–H and O–H groups in total. The van der Waals surface area contributed by atoms with Gasteiger partial charge in [0.15, 0.2) is 0 Å². The Kier molecular flexibility index (Phi) is 4.82. The summed E-state index contributed by atoms with van der Waals surface area (Å²) in [5.74, 6) is -1.39. The van der Waals surface area contributed by atoms with E-state index < -0.39 is 31.9 Å². The van der Waals surface area contributed by atoms with Crippen LogP contribution in [0, 0.1) is 5.92 Å². The van der Waals surface area contributed by atoms with E-state index in [0.717, 1.165) is 4.31 Å². The van der Waals surface area contributed by atoms with Crippen molar-refractivity contribution in [1.82, 2.24) is 9.71 Å². The molecule has 2 aromatic rings. The zero-order chi connectivity index (χ0) is 18.9. The Balaban J connectivity index is 1.80. The first-order valence-corrected chi connectivity index (χ1v) is 10.9. The van der Waals surface area contributed by atoms with Crippen LogP contribution in [0.25, 0.3) is 0 Å². The smallest absolute Gasteiger partial charge is 0.244 e. The van der Waals surface area contributed by atoms with Gasteiger partial charge in [-0.2, -0.15) is 0 Å². The van der Waals surface area contributed by atoms with Crippen LogP contribution in [0.1, 0.15) is 12.6 Å². The summed E-state index contributed by atoms with van der Waals surface area (Å²) in [6.45, 7) is 1.57. The minimum Gasteiger partial charge on any atom is -0.273 e. The van der Waals surface area contributed by atoms with E-state index in [-0.39, 0.29) is 22.9 Å². The Labute approximate surface area is 152 Å². The van der Waals surface area contributed by atoms with E-state index in [1.807, 2.05) is 0 Å². The van der Waals surface area contributed by atoms with E-state index in [9.17, 15) is 21.6 Å². The fraction of sp³-hybridized carbons (Fsp3) is 0.250. The number of hydrogen-bond acceptors (Lipinski definition) is 6. The van der Waals surface area contributed by atoms with Crippen LogP contribution >= 0.6 is 0 Å². The number of hydrogen-bond donors (Lipinski definition) is 1. The first-order valence-electron chi connectivity index (χ1n) is 7.77. The molecular formula is C16H17N3O5S2. The van der Waals surface area contributed by atoms with Gasteiger partial charge in [0, 0.05) is 6.20 Å². The third-order valence-corrected chi connectivity index (χ3v) is 7.20. The predicted octanol–water partition coefficient (Wildman–Crippen LogP) is 0.873. The van der Waals surface area contributed by atoms with Crippen LogP contribution in [0.2, 0.25) is 0 Å². The zero-order valence-corrected chi connectivity index (χ0v) is 15.5. The van der Waals surface area contributed by atoms with Crippen molar-refractivity contribution in [2.24, 2.45) is 5.92 Å². The predicted molar refractivity (Wildman–Crippen MR) is 95.1 cm³/mol. The number of aromatic nitrogens is 1. The lowest BCUT2D eigenvalue weighted by Crippen LogP contribution is -2.30. The first kappa shape index (κ1) is 18.5. The molecule has 1 atom stereocenters. The second-order valence-corrected chi connectivity index (χ2v) is 9.55. The van der Waals surface area contributed by atoms with Crippen molar-refractivity contribution in [2.45, 2.75) is 18.4 Å². The van der Waals surface area contributed by atoms with Crippen LogP contribution in [-0.2, 0) is 31.4 Å². The summed E-state index contributed by atoms with van der Waals surface area (Å²) in [6, 6.07) is 10.3. The van der Waals surface area contributed by atoms with Crippen molar-refractivity contribution < 1.29 is 21.6 Å². The maximum atomic E-state index is 12.3. The van der Waals surface area contributed by atoms with Gasteiger partial charge in [-0.1, -0.05) is 13.0 Å². The number of pyridine rings is 1. The normalized spacial score (nSPS) is 19.7. The van der Waals surface area contributed by atoms with Crippen molar-refractivity contribution in [2.75, 3.05) is 10.1 Å². The van der Waals surface area contributed by atoms with Crippen LogP contribution in [0.4, 0.5) is 5.69 Å². The lowest BCUT2D eigenvalue weighted by molar-refractivity contribution is -0.119.